The van der Waals surface area contributed by atoms with Crippen molar-refractivity contribution >= 4 is 5.91 Å². The van der Waals surface area contributed by atoms with E-state index < -0.39 is 17.5 Å². The summed E-state index contributed by atoms with van der Waals surface area (Å²) >= 11 is 0. The predicted octanol–water partition coefficient (Wildman–Crippen LogP) is 2.70. The van der Waals surface area contributed by atoms with E-state index in [-0.39, 0.29) is 31.6 Å². The summed E-state index contributed by atoms with van der Waals surface area (Å²) in [6.07, 6.45) is -3.19. The molecule has 2 N–H and O–H groups in total. The maximum Gasteiger partial charge on any atom is 0.404 e. The van der Waals surface area contributed by atoms with Crippen molar-refractivity contribution in [2.75, 3.05) is 19.6 Å². The van der Waals surface area contributed by atoms with E-state index >= 15 is 0 Å². The lowest BCUT2D eigenvalue weighted by Crippen LogP contribution is -2.59. The normalized spacial score (nSPS) is 30.3. The van der Waals surface area contributed by atoms with Gasteiger partial charge >= 0.3 is 6.18 Å². The van der Waals surface area contributed by atoms with E-state index in [0.717, 1.165) is 18.5 Å². The van der Waals surface area contributed by atoms with Gasteiger partial charge in [-0.2, -0.15) is 13.2 Å². The van der Waals surface area contributed by atoms with Crippen LogP contribution in [0.2, 0.25) is 0 Å². The van der Waals surface area contributed by atoms with Crippen LogP contribution < -0.4 is 10.6 Å². The lowest BCUT2D eigenvalue weighted by molar-refractivity contribution is -0.218. The van der Waals surface area contributed by atoms with Gasteiger partial charge in [0.1, 0.15) is 0 Å². The second kappa shape index (κ2) is 7.56. The molecule has 0 aliphatic carbocycles. The number of carbonyl (C=O) groups is 1. The van der Waals surface area contributed by atoms with Gasteiger partial charge < -0.3 is 10.6 Å². The molecule has 4 nitrogen and oxygen atoms in total. The average Bonchev–Trinajstić information content (AvgIpc) is 3.03. The minimum absolute atomic E-state index is 0.0141. The van der Waals surface area contributed by atoms with E-state index in [2.05, 4.69) is 10.6 Å². The molecule has 2 aliphatic heterocycles. The molecule has 144 valence electrons. The summed E-state index contributed by atoms with van der Waals surface area (Å²) in [5.74, 6) is -0.874. The number of likely N-dealkylation sites (tertiary alicyclic amines) is 1. The van der Waals surface area contributed by atoms with E-state index in [9.17, 15) is 18.0 Å². The smallest absolute Gasteiger partial charge is 0.351 e. The van der Waals surface area contributed by atoms with Crippen LogP contribution in [0.3, 0.4) is 0 Å². The number of nitrogens with zero attached hydrogens (tertiary/aromatic N) is 1. The molecular formula is C19H26F3N3O. The van der Waals surface area contributed by atoms with E-state index in [1.54, 1.807) is 4.90 Å². The van der Waals surface area contributed by atoms with E-state index in [1.807, 2.05) is 37.3 Å². The van der Waals surface area contributed by atoms with Crippen LogP contribution in [0.25, 0.3) is 0 Å². The quantitative estimate of drug-likeness (QED) is 0.858. The number of benzene rings is 1. The Labute approximate surface area is 152 Å². The Balaban J connectivity index is 1.72. The van der Waals surface area contributed by atoms with Gasteiger partial charge in [0.05, 0.1) is 0 Å². The zero-order chi connectivity index (χ0) is 18.8. The van der Waals surface area contributed by atoms with Gasteiger partial charge in [-0.1, -0.05) is 30.3 Å². The fourth-order valence-electron chi connectivity index (χ4n) is 3.96. The largest absolute Gasteiger partial charge is 0.404 e. The fourth-order valence-corrected chi connectivity index (χ4v) is 3.96. The Morgan fingerprint density at radius 1 is 1.35 bits per heavy atom. The Kier molecular flexibility index (Phi) is 5.58. The number of hydrogen-bond donors (Lipinski definition) is 2. The van der Waals surface area contributed by atoms with Gasteiger partial charge in [-0.3, -0.25) is 9.69 Å². The van der Waals surface area contributed by atoms with Gasteiger partial charge in [0.2, 0.25) is 5.91 Å². The first-order valence-corrected chi connectivity index (χ1v) is 9.19. The molecule has 26 heavy (non-hydrogen) atoms. The Morgan fingerprint density at radius 2 is 2.08 bits per heavy atom. The molecule has 2 fully saturated rings. The van der Waals surface area contributed by atoms with Crippen molar-refractivity contribution < 1.29 is 18.0 Å². The van der Waals surface area contributed by atoms with Crippen molar-refractivity contribution in [2.45, 2.75) is 51.0 Å². The summed E-state index contributed by atoms with van der Waals surface area (Å²) in [6, 6.07) is 9.13. The number of hydrogen-bond acceptors (Lipinski definition) is 3. The van der Waals surface area contributed by atoms with Crippen LogP contribution >= 0.6 is 0 Å². The molecule has 1 aromatic carbocycles. The van der Waals surface area contributed by atoms with Crippen molar-refractivity contribution in [3.05, 3.63) is 35.9 Å². The Hall–Kier alpha value is -1.60. The van der Waals surface area contributed by atoms with E-state index in [4.69, 9.17) is 0 Å². The molecular weight excluding hydrogens is 343 g/mol. The van der Waals surface area contributed by atoms with Crippen LogP contribution in [-0.4, -0.2) is 48.7 Å². The van der Waals surface area contributed by atoms with Crippen LogP contribution in [0.4, 0.5) is 13.2 Å². The summed E-state index contributed by atoms with van der Waals surface area (Å²) in [7, 11) is 0. The highest BCUT2D eigenvalue weighted by atomic mass is 19.4. The van der Waals surface area contributed by atoms with Gasteiger partial charge in [0.15, 0.2) is 5.41 Å². The first-order chi connectivity index (χ1) is 12.3. The third kappa shape index (κ3) is 3.88. The summed E-state index contributed by atoms with van der Waals surface area (Å²) in [5.41, 5.74) is -1.37. The standard InChI is InChI=1S/C19H26F3N3O/c1-14-16(8-5-10-23-14)24-17(26)18(19(20,21)22)9-11-25(13-18)12-15-6-3-2-4-7-15/h2-4,6-7,14,16,23H,5,8-13H2,1H3,(H,24,26). The topological polar surface area (TPSA) is 44.4 Å². The number of nitrogens with one attached hydrogen (secondary N) is 2. The predicted molar refractivity (Wildman–Crippen MR) is 93.5 cm³/mol. The summed E-state index contributed by atoms with van der Waals surface area (Å²) in [4.78, 5) is 14.5. The van der Waals surface area contributed by atoms with E-state index in [1.165, 1.54) is 0 Å². The summed E-state index contributed by atoms with van der Waals surface area (Å²) in [5, 5.41) is 5.91. The van der Waals surface area contributed by atoms with Crippen LogP contribution in [0.1, 0.15) is 31.7 Å². The number of amides is 1. The maximum absolute atomic E-state index is 13.9. The van der Waals surface area contributed by atoms with Crippen LogP contribution in [0, 0.1) is 5.41 Å². The highest BCUT2D eigenvalue weighted by molar-refractivity contribution is 5.84. The average molecular weight is 369 g/mol. The summed E-state index contributed by atoms with van der Waals surface area (Å²) in [6.45, 7) is 3.14. The molecule has 2 saturated heterocycles. The lowest BCUT2D eigenvalue weighted by Gasteiger charge is -2.36. The molecule has 1 aromatic rings. The minimum atomic E-state index is -4.56. The van der Waals surface area contributed by atoms with Crippen LogP contribution in [0.5, 0.6) is 0 Å². The van der Waals surface area contributed by atoms with Crippen molar-refractivity contribution in [1.29, 1.82) is 0 Å². The highest BCUT2D eigenvalue weighted by Gasteiger charge is 2.63. The van der Waals surface area contributed by atoms with Gasteiger partial charge in [-0.25, -0.2) is 0 Å². The monoisotopic (exact) mass is 369 g/mol. The minimum Gasteiger partial charge on any atom is -0.351 e. The number of carbonyl (C=O) groups excluding carboxylic acids is 1. The third-order valence-corrected chi connectivity index (χ3v) is 5.65. The second-order valence-corrected chi connectivity index (χ2v) is 7.49. The molecule has 0 saturated carbocycles. The first-order valence-electron chi connectivity index (χ1n) is 9.19. The molecule has 7 heteroatoms. The second-order valence-electron chi connectivity index (χ2n) is 7.49. The van der Waals surface area contributed by atoms with Gasteiger partial charge in [0.25, 0.3) is 0 Å². The van der Waals surface area contributed by atoms with Crippen molar-refractivity contribution in [1.82, 2.24) is 15.5 Å². The molecule has 2 heterocycles. The van der Waals surface area contributed by atoms with Crippen LogP contribution in [0.15, 0.2) is 30.3 Å². The molecule has 0 radical (unpaired) electrons. The van der Waals surface area contributed by atoms with Gasteiger partial charge in [-0.15, -0.1) is 0 Å². The molecule has 3 rings (SSSR count). The zero-order valence-electron chi connectivity index (χ0n) is 15.0. The molecule has 0 aromatic heterocycles. The highest BCUT2D eigenvalue weighted by Crippen LogP contribution is 2.46. The molecule has 1 amide bonds. The van der Waals surface area contributed by atoms with Crippen molar-refractivity contribution in [2.24, 2.45) is 5.41 Å². The molecule has 2 aliphatic rings. The van der Waals surface area contributed by atoms with Crippen molar-refractivity contribution in [3.63, 3.8) is 0 Å². The molecule has 0 bridgehead atoms. The number of rotatable bonds is 4. The first kappa shape index (κ1) is 19.2. The van der Waals surface area contributed by atoms with Gasteiger partial charge in [-0.05, 0) is 44.8 Å². The molecule has 0 spiro atoms. The zero-order valence-corrected chi connectivity index (χ0v) is 15.0. The fraction of sp³-hybridized carbons (Fsp3) is 0.632. The molecule has 3 unspecified atom stereocenters. The van der Waals surface area contributed by atoms with Crippen molar-refractivity contribution in [3.8, 4) is 0 Å². The Bertz CT molecular complexity index is 622. The van der Waals surface area contributed by atoms with Gasteiger partial charge in [0, 0.05) is 25.2 Å². The number of alkyl halides is 3. The lowest BCUT2D eigenvalue weighted by atomic mass is 9.84. The summed E-state index contributed by atoms with van der Waals surface area (Å²) < 4.78 is 41.8. The van der Waals surface area contributed by atoms with Crippen LogP contribution in [-0.2, 0) is 11.3 Å². The number of piperidine rings is 1. The van der Waals surface area contributed by atoms with E-state index in [0.29, 0.717) is 13.0 Å². The molecule has 3 atom stereocenters. The third-order valence-electron chi connectivity index (χ3n) is 5.65. The SMILES string of the molecule is CC1NCCCC1NC(=O)C1(C(F)(F)F)CCN(Cc2ccccc2)C1. The number of halogens is 3. The maximum atomic E-state index is 13.9. The Morgan fingerprint density at radius 3 is 2.73 bits per heavy atom.